The molecule has 0 bridgehead atoms. The molecule has 0 radical (unpaired) electrons. The van der Waals surface area contributed by atoms with Gasteiger partial charge in [0.25, 0.3) is 0 Å². The van der Waals surface area contributed by atoms with Gasteiger partial charge in [-0.2, -0.15) is 5.10 Å². The van der Waals surface area contributed by atoms with Crippen LogP contribution in [0.2, 0.25) is 0 Å². The predicted molar refractivity (Wildman–Crippen MR) is 82.5 cm³/mol. The summed E-state index contributed by atoms with van der Waals surface area (Å²) in [6.45, 7) is 2.61. The van der Waals surface area contributed by atoms with Crippen LogP contribution in [0, 0.1) is 0 Å². The van der Waals surface area contributed by atoms with Gasteiger partial charge in [0.1, 0.15) is 18.1 Å². The van der Waals surface area contributed by atoms with Crippen LogP contribution in [0.3, 0.4) is 0 Å². The molecule has 1 aromatic heterocycles. The van der Waals surface area contributed by atoms with Gasteiger partial charge in [0.2, 0.25) is 0 Å². The summed E-state index contributed by atoms with van der Waals surface area (Å²) in [7, 11) is 3.60. The molecule has 2 rings (SSSR count). The van der Waals surface area contributed by atoms with Crippen molar-refractivity contribution < 1.29 is 9.47 Å². The molecular weight excluding hydrogens is 320 g/mol. The molecule has 4 nitrogen and oxygen atoms in total. The highest BCUT2D eigenvalue weighted by Crippen LogP contribution is 2.26. The molecule has 108 valence electrons. The Labute approximate surface area is 127 Å². The van der Waals surface area contributed by atoms with Crippen molar-refractivity contribution >= 4 is 15.9 Å². The summed E-state index contributed by atoms with van der Waals surface area (Å²) in [5, 5.41) is 5.15. The van der Waals surface area contributed by atoms with Crippen molar-refractivity contribution in [2.45, 2.75) is 25.3 Å². The maximum atomic E-state index is 5.91. The van der Waals surface area contributed by atoms with Gasteiger partial charge in [0.15, 0.2) is 0 Å². The molecular formula is C15H19BrN2O2. The minimum atomic E-state index is 0.510. The van der Waals surface area contributed by atoms with Gasteiger partial charge in [-0.15, -0.1) is 0 Å². The van der Waals surface area contributed by atoms with Gasteiger partial charge in [0.05, 0.1) is 18.5 Å². The fourth-order valence-corrected chi connectivity index (χ4v) is 2.40. The van der Waals surface area contributed by atoms with Crippen LogP contribution in [0.4, 0.5) is 0 Å². The third kappa shape index (κ3) is 3.33. The van der Waals surface area contributed by atoms with Gasteiger partial charge in [-0.05, 0) is 30.7 Å². The van der Waals surface area contributed by atoms with Crippen LogP contribution in [-0.2, 0) is 25.4 Å². The first-order chi connectivity index (χ1) is 9.67. The van der Waals surface area contributed by atoms with E-state index in [1.807, 2.05) is 29.9 Å². The maximum absolute atomic E-state index is 5.91. The standard InChI is InChI=1S/C15H19BrN2O2/c1-4-12-8-13(18(2)17-12)10-20-15-6-5-14(19-3)7-11(15)9-16/h5-8H,4,9-10H2,1-3H3. The summed E-state index contributed by atoms with van der Waals surface area (Å²) in [4.78, 5) is 0. The van der Waals surface area contributed by atoms with E-state index in [4.69, 9.17) is 9.47 Å². The van der Waals surface area contributed by atoms with Gasteiger partial charge in [-0.3, -0.25) is 4.68 Å². The van der Waals surface area contributed by atoms with Crippen LogP contribution < -0.4 is 9.47 Å². The second kappa shape index (κ2) is 6.79. The molecule has 0 aliphatic rings. The first-order valence-corrected chi connectivity index (χ1v) is 7.67. The van der Waals surface area contributed by atoms with Crippen molar-refractivity contribution in [1.82, 2.24) is 9.78 Å². The molecule has 0 fully saturated rings. The third-order valence-corrected chi connectivity index (χ3v) is 3.78. The highest BCUT2D eigenvalue weighted by Gasteiger charge is 2.08. The van der Waals surface area contributed by atoms with E-state index in [-0.39, 0.29) is 0 Å². The Morgan fingerprint density at radius 3 is 2.70 bits per heavy atom. The Morgan fingerprint density at radius 2 is 2.10 bits per heavy atom. The Hall–Kier alpha value is -1.49. The van der Waals surface area contributed by atoms with Crippen molar-refractivity contribution in [3.8, 4) is 11.5 Å². The van der Waals surface area contributed by atoms with E-state index in [0.29, 0.717) is 6.61 Å². The minimum Gasteiger partial charge on any atom is -0.497 e. The molecule has 0 spiro atoms. The van der Waals surface area contributed by atoms with Crippen molar-refractivity contribution in [2.24, 2.45) is 7.05 Å². The lowest BCUT2D eigenvalue weighted by molar-refractivity contribution is 0.292. The monoisotopic (exact) mass is 338 g/mol. The molecule has 0 aliphatic heterocycles. The molecule has 20 heavy (non-hydrogen) atoms. The average molecular weight is 339 g/mol. The van der Waals surface area contributed by atoms with Gasteiger partial charge in [0, 0.05) is 17.9 Å². The van der Waals surface area contributed by atoms with E-state index in [2.05, 4.69) is 34.0 Å². The fraction of sp³-hybridized carbons (Fsp3) is 0.400. The molecule has 0 saturated carbocycles. The normalized spacial score (nSPS) is 10.6. The summed E-state index contributed by atoms with van der Waals surface area (Å²) in [6, 6.07) is 7.90. The Morgan fingerprint density at radius 1 is 1.30 bits per heavy atom. The second-order valence-corrected chi connectivity index (χ2v) is 5.06. The van der Waals surface area contributed by atoms with Crippen LogP contribution in [0.15, 0.2) is 24.3 Å². The van der Waals surface area contributed by atoms with E-state index in [9.17, 15) is 0 Å². The Balaban J connectivity index is 2.11. The SMILES string of the molecule is CCc1cc(COc2ccc(OC)cc2CBr)n(C)n1. The molecule has 1 aromatic carbocycles. The van der Waals surface area contributed by atoms with Crippen LogP contribution >= 0.6 is 15.9 Å². The lowest BCUT2D eigenvalue weighted by atomic mass is 10.2. The number of aryl methyl sites for hydroxylation is 2. The zero-order valence-electron chi connectivity index (χ0n) is 12.0. The molecule has 0 unspecified atom stereocenters. The lowest BCUT2D eigenvalue weighted by Crippen LogP contribution is -2.04. The molecule has 0 N–H and O–H groups in total. The van der Waals surface area contributed by atoms with Gasteiger partial charge in [-0.1, -0.05) is 22.9 Å². The topological polar surface area (TPSA) is 36.3 Å². The van der Waals surface area contributed by atoms with E-state index < -0.39 is 0 Å². The Kier molecular flexibility index (Phi) is 5.06. The minimum absolute atomic E-state index is 0.510. The van der Waals surface area contributed by atoms with E-state index in [0.717, 1.165) is 40.2 Å². The summed E-state index contributed by atoms with van der Waals surface area (Å²) >= 11 is 3.47. The number of nitrogens with zero attached hydrogens (tertiary/aromatic N) is 2. The van der Waals surface area contributed by atoms with Crippen LogP contribution in [0.1, 0.15) is 23.9 Å². The zero-order valence-corrected chi connectivity index (χ0v) is 13.6. The third-order valence-electron chi connectivity index (χ3n) is 3.18. The van der Waals surface area contributed by atoms with Crippen molar-refractivity contribution in [1.29, 1.82) is 0 Å². The predicted octanol–water partition coefficient (Wildman–Crippen LogP) is 3.47. The molecule has 0 saturated heterocycles. The zero-order chi connectivity index (χ0) is 14.5. The molecule has 0 amide bonds. The number of alkyl halides is 1. The average Bonchev–Trinajstić information content (AvgIpc) is 2.85. The number of aromatic nitrogens is 2. The number of hydrogen-bond acceptors (Lipinski definition) is 3. The number of ether oxygens (including phenoxy) is 2. The summed E-state index contributed by atoms with van der Waals surface area (Å²) in [5.74, 6) is 1.70. The summed E-state index contributed by atoms with van der Waals surface area (Å²) in [5.41, 5.74) is 3.22. The first-order valence-electron chi connectivity index (χ1n) is 6.55. The number of methoxy groups -OCH3 is 1. The quantitative estimate of drug-likeness (QED) is 0.756. The van der Waals surface area contributed by atoms with Crippen molar-refractivity contribution in [2.75, 3.05) is 7.11 Å². The lowest BCUT2D eigenvalue weighted by Gasteiger charge is -2.11. The van der Waals surface area contributed by atoms with Gasteiger partial charge >= 0.3 is 0 Å². The van der Waals surface area contributed by atoms with Gasteiger partial charge in [-0.25, -0.2) is 0 Å². The molecule has 2 aromatic rings. The molecule has 0 aliphatic carbocycles. The number of rotatable bonds is 6. The van der Waals surface area contributed by atoms with E-state index >= 15 is 0 Å². The molecule has 0 atom stereocenters. The van der Waals surface area contributed by atoms with Crippen molar-refractivity contribution in [3.05, 3.63) is 41.2 Å². The van der Waals surface area contributed by atoms with E-state index in [1.54, 1.807) is 7.11 Å². The number of halogens is 1. The van der Waals surface area contributed by atoms with Crippen LogP contribution in [-0.4, -0.2) is 16.9 Å². The highest BCUT2D eigenvalue weighted by molar-refractivity contribution is 9.08. The van der Waals surface area contributed by atoms with Crippen LogP contribution in [0.25, 0.3) is 0 Å². The smallest absolute Gasteiger partial charge is 0.130 e. The summed E-state index contributed by atoms with van der Waals surface area (Å²) < 4.78 is 13.0. The number of hydrogen-bond donors (Lipinski definition) is 0. The second-order valence-electron chi connectivity index (χ2n) is 4.50. The summed E-state index contributed by atoms with van der Waals surface area (Å²) in [6.07, 6.45) is 0.934. The fourth-order valence-electron chi connectivity index (χ4n) is 1.96. The van der Waals surface area contributed by atoms with Crippen molar-refractivity contribution in [3.63, 3.8) is 0 Å². The molecule has 5 heteroatoms. The Bertz CT molecular complexity index is 581. The maximum Gasteiger partial charge on any atom is 0.130 e. The van der Waals surface area contributed by atoms with Crippen LogP contribution in [0.5, 0.6) is 11.5 Å². The number of benzene rings is 1. The van der Waals surface area contributed by atoms with Gasteiger partial charge < -0.3 is 9.47 Å². The highest BCUT2D eigenvalue weighted by atomic mass is 79.9. The molecule has 1 heterocycles. The largest absolute Gasteiger partial charge is 0.497 e. The first kappa shape index (κ1) is 14.9. The van der Waals surface area contributed by atoms with E-state index in [1.165, 1.54) is 0 Å².